The van der Waals surface area contributed by atoms with Crippen molar-refractivity contribution in [3.8, 4) is 5.75 Å². The van der Waals surface area contributed by atoms with Crippen LogP contribution in [0, 0.1) is 0 Å². The summed E-state index contributed by atoms with van der Waals surface area (Å²) in [5, 5.41) is 12.5. The Hall–Kier alpha value is -1.09. The number of rotatable bonds is 1. The van der Waals surface area contributed by atoms with Crippen LogP contribution in [0.15, 0.2) is 24.3 Å². The van der Waals surface area contributed by atoms with Gasteiger partial charge in [-0.15, -0.1) is 0 Å². The first-order valence-electron chi connectivity index (χ1n) is 4.81. The number of alkyl halides is 1. The fourth-order valence-corrected chi connectivity index (χ4v) is 1.97. The Kier molecular flexibility index (Phi) is 2.19. The molecule has 2 unspecified atom stereocenters. The molecule has 76 valence electrons. The Morgan fingerprint density at radius 1 is 1.57 bits per heavy atom. The van der Waals surface area contributed by atoms with Gasteiger partial charge in [-0.05, 0) is 37.6 Å². The van der Waals surface area contributed by atoms with Crippen LogP contribution in [0.1, 0.15) is 18.9 Å². The molecule has 1 saturated heterocycles. The highest BCUT2D eigenvalue weighted by molar-refractivity contribution is 5.33. The van der Waals surface area contributed by atoms with Crippen molar-refractivity contribution in [1.82, 2.24) is 5.32 Å². The lowest BCUT2D eigenvalue weighted by Gasteiger charge is -2.27. The SMILES string of the molecule is CC1(c2cccc(O)c2)NCCC1F. The number of phenolic OH excluding ortho intramolecular Hbond substituents is 1. The molecule has 0 radical (unpaired) electrons. The molecule has 1 aliphatic rings. The number of hydrogen-bond acceptors (Lipinski definition) is 2. The van der Waals surface area contributed by atoms with Gasteiger partial charge >= 0.3 is 0 Å². The number of aromatic hydroxyl groups is 1. The second-order valence-electron chi connectivity index (χ2n) is 3.94. The van der Waals surface area contributed by atoms with E-state index in [2.05, 4.69) is 5.32 Å². The molecule has 1 aromatic rings. The first-order chi connectivity index (χ1) is 6.63. The van der Waals surface area contributed by atoms with Crippen molar-refractivity contribution in [2.45, 2.75) is 25.1 Å². The van der Waals surface area contributed by atoms with Gasteiger partial charge in [-0.25, -0.2) is 4.39 Å². The van der Waals surface area contributed by atoms with Crippen molar-refractivity contribution >= 4 is 0 Å². The highest BCUT2D eigenvalue weighted by atomic mass is 19.1. The summed E-state index contributed by atoms with van der Waals surface area (Å²) >= 11 is 0. The predicted octanol–water partition coefficient (Wildman–Crippen LogP) is 1.94. The minimum absolute atomic E-state index is 0.185. The third-order valence-electron chi connectivity index (χ3n) is 2.96. The van der Waals surface area contributed by atoms with E-state index in [1.54, 1.807) is 18.2 Å². The van der Waals surface area contributed by atoms with Crippen molar-refractivity contribution in [3.63, 3.8) is 0 Å². The van der Waals surface area contributed by atoms with Crippen LogP contribution in [-0.4, -0.2) is 17.8 Å². The minimum atomic E-state index is -0.885. The van der Waals surface area contributed by atoms with Gasteiger partial charge in [-0.2, -0.15) is 0 Å². The molecule has 0 aliphatic carbocycles. The average molecular weight is 195 g/mol. The quantitative estimate of drug-likeness (QED) is 0.717. The maximum absolute atomic E-state index is 13.6. The molecule has 0 bridgehead atoms. The van der Waals surface area contributed by atoms with Crippen LogP contribution in [-0.2, 0) is 5.54 Å². The van der Waals surface area contributed by atoms with Crippen molar-refractivity contribution in [2.75, 3.05) is 6.54 Å². The smallest absolute Gasteiger partial charge is 0.123 e. The van der Waals surface area contributed by atoms with Crippen LogP contribution < -0.4 is 5.32 Å². The van der Waals surface area contributed by atoms with E-state index in [0.717, 1.165) is 5.56 Å². The molecule has 2 rings (SSSR count). The molecule has 1 fully saturated rings. The summed E-state index contributed by atoms with van der Waals surface area (Å²) in [4.78, 5) is 0. The van der Waals surface area contributed by atoms with E-state index < -0.39 is 11.7 Å². The van der Waals surface area contributed by atoms with E-state index in [1.165, 1.54) is 0 Å². The number of halogens is 1. The Morgan fingerprint density at radius 3 is 2.93 bits per heavy atom. The maximum atomic E-state index is 13.6. The summed E-state index contributed by atoms with van der Waals surface area (Å²) in [5.74, 6) is 0.185. The molecule has 14 heavy (non-hydrogen) atoms. The average Bonchev–Trinajstić information content (AvgIpc) is 2.49. The van der Waals surface area contributed by atoms with Crippen LogP contribution in [0.3, 0.4) is 0 Å². The van der Waals surface area contributed by atoms with E-state index in [9.17, 15) is 9.50 Å². The first-order valence-corrected chi connectivity index (χ1v) is 4.81. The Morgan fingerprint density at radius 2 is 2.36 bits per heavy atom. The number of phenols is 1. The summed E-state index contributed by atoms with van der Waals surface area (Å²) in [5.41, 5.74) is 0.168. The largest absolute Gasteiger partial charge is 0.508 e. The summed E-state index contributed by atoms with van der Waals surface area (Å²) < 4.78 is 13.6. The van der Waals surface area contributed by atoms with Gasteiger partial charge in [0.2, 0.25) is 0 Å². The van der Waals surface area contributed by atoms with Crippen molar-refractivity contribution in [2.24, 2.45) is 0 Å². The van der Waals surface area contributed by atoms with Crippen LogP contribution in [0.4, 0.5) is 4.39 Å². The van der Waals surface area contributed by atoms with E-state index >= 15 is 0 Å². The molecule has 0 saturated carbocycles. The molecule has 3 heteroatoms. The van der Waals surface area contributed by atoms with E-state index in [4.69, 9.17) is 0 Å². The van der Waals surface area contributed by atoms with E-state index in [0.29, 0.717) is 13.0 Å². The van der Waals surface area contributed by atoms with Gasteiger partial charge in [0.05, 0.1) is 5.54 Å². The lowest BCUT2D eigenvalue weighted by Crippen LogP contribution is -2.39. The molecule has 0 aromatic heterocycles. The number of hydrogen-bond donors (Lipinski definition) is 2. The standard InChI is InChI=1S/C11H14FNO/c1-11(10(12)5-6-13-11)8-3-2-4-9(14)7-8/h2-4,7,10,13-14H,5-6H2,1H3. The van der Waals surface area contributed by atoms with E-state index in [1.807, 2.05) is 13.0 Å². The Labute approximate surface area is 82.8 Å². The molecule has 1 aliphatic heterocycles. The van der Waals surface area contributed by atoms with Crippen LogP contribution in [0.2, 0.25) is 0 Å². The lowest BCUT2D eigenvalue weighted by atomic mass is 9.89. The predicted molar refractivity (Wildman–Crippen MR) is 53.0 cm³/mol. The third kappa shape index (κ3) is 1.38. The van der Waals surface area contributed by atoms with Crippen molar-refractivity contribution in [3.05, 3.63) is 29.8 Å². The first kappa shape index (κ1) is 9.46. The summed E-state index contributed by atoms with van der Waals surface area (Å²) in [6.07, 6.45) is -0.351. The van der Waals surface area contributed by atoms with Gasteiger partial charge in [0.15, 0.2) is 0 Å². The summed E-state index contributed by atoms with van der Waals surface area (Å²) in [7, 11) is 0. The van der Waals surface area contributed by atoms with Crippen LogP contribution in [0.5, 0.6) is 5.75 Å². The maximum Gasteiger partial charge on any atom is 0.123 e. The zero-order valence-electron chi connectivity index (χ0n) is 8.13. The Bertz CT molecular complexity index is 342. The number of benzene rings is 1. The highest BCUT2D eigenvalue weighted by Gasteiger charge is 2.40. The fourth-order valence-electron chi connectivity index (χ4n) is 1.97. The normalized spacial score (nSPS) is 32.0. The topological polar surface area (TPSA) is 32.3 Å². The highest BCUT2D eigenvalue weighted by Crippen LogP contribution is 2.34. The van der Waals surface area contributed by atoms with Gasteiger partial charge in [0.25, 0.3) is 0 Å². The molecular formula is C11H14FNO. The van der Waals surface area contributed by atoms with Gasteiger partial charge < -0.3 is 10.4 Å². The monoisotopic (exact) mass is 195 g/mol. The second-order valence-corrected chi connectivity index (χ2v) is 3.94. The second kappa shape index (κ2) is 3.24. The zero-order valence-corrected chi connectivity index (χ0v) is 8.13. The lowest BCUT2D eigenvalue weighted by molar-refractivity contribution is 0.219. The fraction of sp³-hybridized carbons (Fsp3) is 0.455. The molecule has 2 atom stereocenters. The van der Waals surface area contributed by atoms with Crippen LogP contribution in [0.25, 0.3) is 0 Å². The van der Waals surface area contributed by atoms with Gasteiger partial charge in [0.1, 0.15) is 11.9 Å². The van der Waals surface area contributed by atoms with Gasteiger partial charge in [-0.3, -0.25) is 0 Å². The van der Waals surface area contributed by atoms with Gasteiger partial charge in [0, 0.05) is 0 Å². The van der Waals surface area contributed by atoms with Crippen molar-refractivity contribution < 1.29 is 9.50 Å². The van der Waals surface area contributed by atoms with Crippen LogP contribution >= 0.6 is 0 Å². The molecule has 0 amide bonds. The molecule has 1 aromatic carbocycles. The van der Waals surface area contributed by atoms with Gasteiger partial charge in [-0.1, -0.05) is 12.1 Å². The van der Waals surface area contributed by atoms with E-state index in [-0.39, 0.29) is 5.75 Å². The molecule has 1 heterocycles. The third-order valence-corrected chi connectivity index (χ3v) is 2.96. The zero-order chi connectivity index (χ0) is 10.2. The molecule has 0 spiro atoms. The van der Waals surface area contributed by atoms with Crippen molar-refractivity contribution in [1.29, 1.82) is 0 Å². The molecule has 2 nitrogen and oxygen atoms in total. The molecule has 2 N–H and O–H groups in total. The summed E-state index contributed by atoms with van der Waals surface area (Å²) in [6, 6.07) is 6.78. The minimum Gasteiger partial charge on any atom is -0.508 e. The number of nitrogens with one attached hydrogen (secondary N) is 1. The molecular weight excluding hydrogens is 181 g/mol. The summed E-state index contributed by atoms with van der Waals surface area (Å²) in [6.45, 7) is 2.52. The Balaban J connectivity index is 2.38.